The number of aromatic nitrogens is 5. The number of benzene rings is 1. The van der Waals surface area contributed by atoms with Gasteiger partial charge in [0.25, 0.3) is 0 Å². The van der Waals surface area contributed by atoms with Crippen LogP contribution in [0.1, 0.15) is 5.82 Å². The van der Waals surface area contributed by atoms with Crippen LogP contribution >= 0.6 is 23.2 Å². The number of halogens is 2. The third-order valence-corrected chi connectivity index (χ3v) is 3.15. The average Bonchev–Trinajstić information content (AvgIpc) is 3.08. The van der Waals surface area contributed by atoms with Gasteiger partial charge >= 0.3 is 6.01 Å². The number of hydrogen-bond acceptors (Lipinski definition) is 6. The van der Waals surface area contributed by atoms with Crippen LogP contribution in [-0.4, -0.2) is 32.4 Å². The predicted octanol–water partition coefficient (Wildman–Crippen LogP) is 2.80. The first-order valence-corrected chi connectivity index (χ1v) is 6.73. The van der Waals surface area contributed by atoms with Gasteiger partial charge in [0.15, 0.2) is 0 Å². The van der Waals surface area contributed by atoms with Gasteiger partial charge in [-0.1, -0.05) is 28.4 Å². The van der Waals surface area contributed by atoms with Gasteiger partial charge in [-0.05, 0) is 18.2 Å². The Morgan fingerprint density at radius 1 is 1.24 bits per heavy atom. The summed E-state index contributed by atoms with van der Waals surface area (Å²) in [7, 11) is 1.81. The zero-order chi connectivity index (χ0) is 14.8. The Labute approximate surface area is 129 Å². The molecule has 7 nitrogen and oxygen atoms in total. The SMILES string of the molecule is CN(Cc1ncn[nH]1)c1nc(-c2cc(Cl)cc(Cl)c2)no1. The van der Waals surface area contributed by atoms with Crippen molar-refractivity contribution in [1.29, 1.82) is 0 Å². The lowest BCUT2D eigenvalue weighted by Crippen LogP contribution is -2.17. The molecule has 1 N–H and O–H groups in total. The van der Waals surface area contributed by atoms with Crippen molar-refractivity contribution >= 4 is 29.2 Å². The Kier molecular flexibility index (Phi) is 3.76. The highest BCUT2D eigenvalue weighted by Gasteiger charge is 2.14. The van der Waals surface area contributed by atoms with E-state index < -0.39 is 0 Å². The van der Waals surface area contributed by atoms with Gasteiger partial charge in [-0.25, -0.2) is 4.98 Å². The molecule has 0 atom stereocenters. The fraction of sp³-hybridized carbons (Fsp3) is 0.167. The fourth-order valence-corrected chi connectivity index (χ4v) is 2.30. The molecule has 0 aliphatic carbocycles. The average molecular weight is 325 g/mol. The number of anilines is 1. The van der Waals surface area contributed by atoms with E-state index in [1.54, 1.807) is 23.1 Å². The third-order valence-electron chi connectivity index (χ3n) is 2.71. The van der Waals surface area contributed by atoms with E-state index in [1.165, 1.54) is 6.33 Å². The summed E-state index contributed by atoms with van der Waals surface area (Å²) in [6, 6.07) is 5.44. The van der Waals surface area contributed by atoms with Crippen LogP contribution < -0.4 is 4.90 Å². The van der Waals surface area contributed by atoms with Crippen molar-refractivity contribution in [3.63, 3.8) is 0 Å². The second-order valence-corrected chi connectivity index (χ2v) is 5.22. The Hall–Kier alpha value is -2.12. The quantitative estimate of drug-likeness (QED) is 0.794. The second kappa shape index (κ2) is 5.71. The number of hydrogen-bond donors (Lipinski definition) is 1. The lowest BCUT2D eigenvalue weighted by molar-refractivity contribution is 0.417. The molecule has 9 heteroatoms. The molecule has 3 aromatic rings. The number of nitrogens with zero attached hydrogens (tertiary/aromatic N) is 5. The molecule has 0 fully saturated rings. The second-order valence-electron chi connectivity index (χ2n) is 4.35. The van der Waals surface area contributed by atoms with Crippen LogP contribution in [0.15, 0.2) is 29.0 Å². The maximum Gasteiger partial charge on any atom is 0.324 e. The monoisotopic (exact) mass is 324 g/mol. The molecular weight excluding hydrogens is 315 g/mol. The van der Waals surface area contributed by atoms with Crippen molar-refractivity contribution in [1.82, 2.24) is 25.3 Å². The van der Waals surface area contributed by atoms with Gasteiger partial charge in [-0.15, -0.1) is 0 Å². The van der Waals surface area contributed by atoms with Gasteiger partial charge in [-0.3, -0.25) is 5.10 Å². The van der Waals surface area contributed by atoms with E-state index in [2.05, 4.69) is 25.3 Å². The van der Waals surface area contributed by atoms with Crippen LogP contribution in [0.5, 0.6) is 0 Å². The van der Waals surface area contributed by atoms with E-state index in [1.807, 2.05) is 7.05 Å². The zero-order valence-corrected chi connectivity index (χ0v) is 12.4. The minimum Gasteiger partial charge on any atom is -0.320 e. The molecule has 0 aliphatic rings. The number of rotatable bonds is 4. The Balaban J connectivity index is 1.82. The highest BCUT2D eigenvalue weighted by atomic mass is 35.5. The molecule has 0 saturated carbocycles. The Morgan fingerprint density at radius 3 is 2.67 bits per heavy atom. The molecule has 3 rings (SSSR count). The van der Waals surface area contributed by atoms with Gasteiger partial charge in [0, 0.05) is 22.7 Å². The van der Waals surface area contributed by atoms with Gasteiger partial charge in [0.1, 0.15) is 12.2 Å². The molecule has 108 valence electrons. The van der Waals surface area contributed by atoms with Crippen molar-refractivity contribution in [2.24, 2.45) is 0 Å². The lowest BCUT2D eigenvalue weighted by Gasteiger charge is -2.10. The van der Waals surface area contributed by atoms with Crippen LogP contribution in [0.2, 0.25) is 10.0 Å². The molecule has 0 bridgehead atoms. The smallest absolute Gasteiger partial charge is 0.320 e. The van der Waals surface area contributed by atoms with Crippen LogP contribution in [-0.2, 0) is 6.54 Å². The molecular formula is C12H10Cl2N6O. The van der Waals surface area contributed by atoms with Crippen molar-refractivity contribution in [3.8, 4) is 11.4 Å². The standard InChI is InChI=1S/C12H10Cl2N6O/c1-20(5-10-15-6-16-18-10)12-17-11(19-21-12)7-2-8(13)4-9(14)3-7/h2-4,6H,5H2,1H3,(H,15,16,18). The van der Waals surface area contributed by atoms with Crippen molar-refractivity contribution in [2.75, 3.05) is 11.9 Å². The van der Waals surface area contributed by atoms with E-state index >= 15 is 0 Å². The van der Waals surface area contributed by atoms with E-state index in [-0.39, 0.29) is 0 Å². The molecule has 1 aromatic carbocycles. The van der Waals surface area contributed by atoms with Gasteiger partial charge in [-0.2, -0.15) is 10.1 Å². The van der Waals surface area contributed by atoms with Crippen molar-refractivity contribution in [2.45, 2.75) is 6.54 Å². The molecule has 0 amide bonds. The number of H-pyrrole nitrogens is 1. The van der Waals surface area contributed by atoms with Gasteiger partial charge in [0.05, 0.1) is 6.54 Å². The van der Waals surface area contributed by atoms with Gasteiger partial charge < -0.3 is 9.42 Å². The van der Waals surface area contributed by atoms with E-state index in [9.17, 15) is 0 Å². The van der Waals surface area contributed by atoms with Gasteiger partial charge in [0.2, 0.25) is 5.82 Å². The first kappa shape index (κ1) is 13.8. The Bertz CT molecular complexity index is 722. The molecule has 0 aliphatic heterocycles. The minimum atomic E-state index is 0.359. The summed E-state index contributed by atoms with van der Waals surface area (Å²) in [6.07, 6.45) is 1.44. The van der Waals surface area contributed by atoms with E-state index in [4.69, 9.17) is 27.7 Å². The molecule has 2 heterocycles. The largest absolute Gasteiger partial charge is 0.324 e. The Morgan fingerprint density at radius 2 is 2.00 bits per heavy atom. The summed E-state index contributed by atoms with van der Waals surface area (Å²) in [4.78, 5) is 10.1. The summed E-state index contributed by atoms with van der Waals surface area (Å²) in [5, 5.41) is 11.5. The maximum atomic E-state index is 5.96. The van der Waals surface area contributed by atoms with Crippen molar-refractivity contribution < 1.29 is 4.52 Å². The van der Waals surface area contributed by atoms with Crippen LogP contribution in [0, 0.1) is 0 Å². The molecule has 0 saturated heterocycles. The predicted molar refractivity (Wildman–Crippen MR) is 78.2 cm³/mol. The highest BCUT2D eigenvalue weighted by molar-refractivity contribution is 6.35. The van der Waals surface area contributed by atoms with E-state index in [0.29, 0.717) is 39.8 Å². The summed E-state index contributed by atoms with van der Waals surface area (Å²) < 4.78 is 5.23. The number of aromatic amines is 1. The molecule has 21 heavy (non-hydrogen) atoms. The van der Waals surface area contributed by atoms with E-state index in [0.717, 1.165) is 0 Å². The van der Waals surface area contributed by atoms with Crippen molar-refractivity contribution in [3.05, 3.63) is 40.4 Å². The maximum absolute atomic E-state index is 5.96. The molecule has 0 unspecified atom stereocenters. The van der Waals surface area contributed by atoms with Crippen LogP contribution in [0.4, 0.5) is 6.01 Å². The minimum absolute atomic E-state index is 0.359. The summed E-state index contributed by atoms with van der Waals surface area (Å²) in [6.45, 7) is 0.470. The fourth-order valence-electron chi connectivity index (χ4n) is 1.77. The van der Waals surface area contributed by atoms with Crippen LogP contribution in [0.25, 0.3) is 11.4 Å². The molecule has 0 spiro atoms. The summed E-state index contributed by atoms with van der Waals surface area (Å²) in [5.74, 6) is 1.11. The highest BCUT2D eigenvalue weighted by Crippen LogP contribution is 2.26. The first-order chi connectivity index (χ1) is 10.1. The zero-order valence-electron chi connectivity index (χ0n) is 10.9. The molecule has 0 radical (unpaired) electrons. The van der Waals surface area contributed by atoms with Crippen LogP contribution in [0.3, 0.4) is 0 Å². The summed E-state index contributed by atoms with van der Waals surface area (Å²) >= 11 is 11.9. The normalized spacial score (nSPS) is 10.8. The summed E-state index contributed by atoms with van der Waals surface area (Å²) in [5.41, 5.74) is 0.690. The first-order valence-electron chi connectivity index (χ1n) is 5.97. The third kappa shape index (κ3) is 3.14. The lowest BCUT2D eigenvalue weighted by atomic mass is 10.2. The topological polar surface area (TPSA) is 83.7 Å². The number of nitrogens with one attached hydrogen (secondary N) is 1. The molecule has 2 aromatic heterocycles.